The lowest BCUT2D eigenvalue weighted by Crippen LogP contribution is -2.48. The van der Waals surface area contributed by atoms with Crippen molar-refractivity contribution in [1.29, 1.82) is 0 Å². The first-order valence-corrected chi connectivity index (χ1v) is 5.42. The lowest BCUT2D eigenvalue weighted by atomic mass is 10.2. The number of furan rings is 1. The van der Waals surface area contributed by atoms with E-state index >= 15 is 0 Å². The third kappa shape index (κ3) is 2.81. The summed E-state index contributed by atoms with van der Waals surface area (Å²) in [5.41, 5.74) is 0. The van der Waals surface area contributed by atoms with Crippen LogP contribution in [-0.4, -0.2) is 35.7 Å². The van der Waals surface area contributed by atoms with Gasteiger partial charge in [-0.25, -0.2) is 0 Å². The number of hydrogen-bond acceptors (Lipinski definition) is 4. The summed E-state index contributed by atoms with van der Waals surface area (Å²) in [6.45, 7) is 6.15. The molecule has 1 aromatic rings. The monoisotopic (exact) mass is 210 g/mol. The Hall–Kier alpha value is -0.840. The van der Waals surface area contributed by atoms with Crippen molar-refractivity contribution in [3.8, 4) is 0 Å². The molecule has 1 aliphatic rings. The van der Waals surface area contributed by atoms with Gasteiger partial charge in [0.2, 0.25) is 0 Å². The molecule has 2 N–H and O–H groups in total. The van der Waals surface area contributed by atoms with Gasteiger partial charge in [-0.2, -0.15) is 0 Å². The van der Waals surface area contributed by atoms with E-state index in [2.05, 4.69) is 17.1 Å². The van der Waals surface area contributed by atoms with Crippen LogP contribution in [0.2, 0.25) is 0 Å². The number of rotatable bonds is 3. The smallest absolute Gasteiger partial charge is 0.129 e. The van der Waals surface area contributed by atoms with Gasteiger partial charge in [-0.05, 0) is 19.1 Å². The second-order valence-electron chi connectivity index (χ2n) is 4.12. The molecule has 15 heavy (non-hydrogen) atoms. The lowest BCUT2D eigenvalue weighted by molar-refractivity contribution is 0.180. The fraction of sp³-hybridized carbons (Fsp3) is 0.636. The molecule has 0 bridgehead atoms. The average molecular weight is 210 g/mol. The van der Waals surface area contributed by atoms with E-state index < -0.39 is 0 Å². The maximum Gasteiger partial charge on any atom is 0.129 e. The first-order valence-electron chi connectivity index (χ1n) is 5.42. The molecule has 0 aromatic carbocycles. The van der Waals surface area contributed by atoms with Crippen molar-refractivity contribution in [3.05, 3.63) is 23.7 Å². The van der Waals surface area contributed by atoms with Crippen LogP contribution in [-0.2, 0) is 13.2 Å². The Morgan fingerprint density at radius 2 is 2.33 bits per heavy atom. The number of hydrogen-bond donors (Lipinski definition) is 2. The van der Waals surface area contributed by atoms with Gasteiger partial charge in [0, 0.05) is 25.7 Å². The molecule has 2 heterocycles. The Morgan fingerprint density at radius 3 is 3.00 bits per heavy atom. The minimum Gasteiger partial charge on any atom is -0.462 e. The van der Waals surface area contributed by atoms with Crippen molar-refractivity contribution in [2.75, 3.05) is 19.6 Å². The van der Waals surface area contributed by atoms with Gasteiger partial charge in [-0.1, -0.05) is 0 Å². The number of aliphatic hydroxyl groups excluding tert-OH is 1. The van der Waals surface area contributed by atoms with E-state index in [4.69, 9.17) is 9.52 Å². The fourth-order valence-electron chi connectivity index (χ4n) is 1.97. The van der Waals surface area contributed by atoms with Gasteiger partial charge in [0.15, 0.2) is 0 Å². The van der Waals surface area contributed by atoms with Crippen molar-refractivity contribution in [2.24, 2.45) is 0 Å². The van der Waals surface area contributed by atoms with E-state index in [9.17, 15) is 0 Å². The third-order valence-corrected chi connectivity index (χ3v) is 2.71. The van der Waals surface area contributed by atoms with Gasteiger partial charge in [0.05, 0.1) is 6.54 Å². The molecular weight excluding hydrogens is 192 g/mol. The van der Waals surface area contributed by atoms with Crippen LogP contribution >= 0.6 is 0 Å². The molecule has 0 unspecified atom stereocenters. The summed E-state index contributed by atoms with van der Waals surface area (Å²) in [6.07, 6.45) is 0. The van der Waals surface area contributed by atoms with Crippen molar-refractivity contribution in [1.82, 2.24) is 10.2 Å². The highest BCUT2D eigenvalue weighted by Crippen LogP contribution is 2.11. The van der Waals surface area contributed by atoms with E-state index in [0.29, 0.717) is 11.8 Å². The molecule has 1 aromatic heterocycles. The van der Waals surface area contributed by atoms with Gasteiger partial charge >= 0.3 is 0 Å². The van der Waals surface area contributed by atoms with Crippen LogP contribution < -0.4 is 5.32 Å². The van der Waals surface area contributed by atoms with Gasteiger partial charge in [-0.15, -0.1) is 0 Å². The van der Waals surface area contributed by atoms with Gasteiger partial charge in [-0.3, -0.25) is 4.90 Å². The number of nitrogens with zero attached hydrogens (tertiary/aromatic N) is 1. The molecular formula is C11H18N2O2. The Morgan fingerprint density at radius 1 is 1.53 bits per heavy atom. The summed E-state index contributed by atoms with van der Waals surface area (Å²) in [7, 11) is 0. The molecule has 0 spiro atoms. The van der Waals surface area contributed by atoms with E-state index in [1.165, 1.54) is 0 Å². The maximum atomic E-state index is 8.88. The Kier molecular flexibility index (Phi) is 3.41. The third-order valence-electron chi connectivity index (χ3n) is 2.71. The molecule has 1 fully saturated rings. The highest BCUT2D eigenvalue weighted by molar-refractivity contribution is 5.06. The lowest BCUT2D eigenvalue weighted by Gasteiger charge is -2.31. The topological polar surface area (TPSA) is 48.6 Å². The summed E-state index contributed by atoms with van der Waals surface area (Å²) in [6, 6.07) is 4.32. The standard InChI is InChI=1S/C11H18N2O2/c1-9-6-13(5-4-12-9)7-10-2-3-11(8-14)15-10/h2-3,9,12,14H,4-8H2,1H3/t9-/m0/s1. The minimum atomic E-state index is -0.0159. The summed E-state index contributed by atoms with van der Waals surface area (Å²) in [5, 5.41) is 12.3. The Labute approximate surface area is 89.9 Å². The number of aliphatic hydroxyl groups is 1. The molecule has 0 radical (unpaired) electrons. The highest BCUT2D eigenvalue weighted by atomic mass is 16.4. The van der Waals surface area contributed by atoms with E-state index in [0.717, 1.165) is 31.9 Å². The first-order chi connectivity index (χ1) is 7.28. The van der Waals surface area contributed by atoms with Crippen LogP contribution in [0.25, 0.3) is 0 Å². The zero-order valence-electron chi connectivity index (χ0n) is 9.07. The zero-order chi connectivity index (χ0) is 10.7. The minimum absolute atomic E-state index is 0.0159. The summed E-state index contributed by atoms with van der Waals surface area (Å²) < 4.78 is 5.46. The van der Waals surface area contributed by atoms with Crippen LogP contribution in [0.3, 0.4) is 0 Å². The summed E-state index contributed by atoms with van der Waals surface area (Å²) in [5.74, 6) is 1.58. The predicted molar refractivity (Wildman–Crippen MR) is 57.4 cm³/mol. The average Bonchev–Trinajstić information content (AvgIpc) is 2.65. The van der Waals surface area contributed by atoms with E-state index in [1.807, 2.05) is 12.1 Å². The molecule has 1 saturated heterocycles. The number of nitrogens with one attached hydrogen (secondary N) is 1. The molecule has 0 saturated carbocycles. The Bertz CT molecular complexity index is 311. The molecule has 4 nitrogen and oxygen atoms in total. The largest absolute Gasteiger partial charge is 0.462 e. The zero-order valence-corrected chi connectivity index (χ0v) is 9.07. The summed E-state index contributed by atoms with van der Waals surface area (Å²) in [4.78, 5) is 2.36. The Balaban J connectivity index is 1.90. The van der Waals surface area contributed by atoms with Crippen LogP contribution in [0, 0.1) is 0 Å². The molecule has 1 atom stereocenters. The summed E-state index contributed by atoms with van der Waals surface area (Å²) >= 11 is 0. The first kappa shape index (κ1) is 10.7. The van der Waals surface area contributed by atoms with Crippen LogP contribution in [0.5, 0.6) is 0 Å². The molecule has 4 heteroatoms. The predicted octanol–water partition coefficient (Wildman–Crippen LogP) is 0.566. The second kappa shape index (κ2) is 4.79. The molecule has 2 rings (SSSR count). The van der Waals surface area contributed by atoms with Crippen molar-refractivity contribution in [3.63, 3.8) is 0 Å². The van der Waals surface area contributed by atoms with E-state index in [1.54, 1.807) is 0 Å². The normalized spacial score (nSPS) is 23.2. The van der Waals surface area contributed by atoms with Crippen LogP contribution in [0.15, 0.2) is 16.5 Å². The molecule has 0 aliphatic carbocycles. The van der Waals surface area contributed by atoms with Crippen LogP contribution in [0.1, 0.15) is 18.4 Å². The maximum absolute atomic E-state index is 8.88. The quantitative estimate of drug-likeness (QED) is 0.765. The number of piperazine rings is 1. The van der Waals surface area contributed by atoms with Gasteiger partial charge in [0.25, 0.3) is 0 Å². The van der Waals surface area contributed by atoms with Crippen LogP contribution in [0.4, 0.5) is 0 Å². The molecule has 1 aliphatic heterocycles. The molecule has 0 amide bonds. The van der Waals surface area contributed by atoms with Crippen molar-refractivity contribution in [2.45, 2.75) is 26.1 Å². The SMILES string of the molecule is C[C@H]1CN(Cc2ccc(CO)o2)CCN1. The van der Waals surface area contributed by atoms with Gasteiger partial charge in [0.1, 0.15) is 18.1 Å². The molecule has 84 valence electrons. The second-order valence-corrected chi connectivity index (χ2v) is 4.12. The van der Waals surface area contributed by atoms with Crippen molar-refractivity contribution >= 4 is 0 Å². The van der Waals surface area contributed by atoms with E-state index in [-0.39, 0.29) is 6.61 Å². The fourth-order valence-corrected chi connectivity index (χ4v) is 1.97. The van der Waals surface area contributed by atoms with Crippen molar-refractivity contribution < 1.29 is 9.52 Å². The van der Waals surface area contributed by atoms with Gasteiger partial charge < -0.3 is 14.8 Å². The highest BCUT2D eigenvalue weighted by Gasteiger charge is 2.16.